The van der Waals surface area contributed by atoms with Crippen molar-refractivity contribution in [2.24, 2.45) is 0 Å². The Labute approximate surface area is 102 Å². The standard InChI is InChI=1S/C13H21NO3/c1-2-7-17-13-5-3-11(4-6-13)8-14-9-12(16)10-15/h3-6,12,14-16H,2,7-10H2,1H3. The Morgan fingerprint density at radius 2 is 2.00 bits per heavy atom. The Morgan fingerprint density at radius 3 is 2.59 bits per heavy atom. The number of nitrogens with one attached hydrogen (secondary N) is 1. The quantitative estimate of drug-likeness (QED) is 0.631. The summed E-state index contributed by atoms with van der Waals surface area (Å²) >= 11 is 0. The fourth-order valence-corrected chi connectivity index (χ4v) is 1.37. The molecule has 1 aromatic rings. The zero-order chi connectivity index (χ0) is 12.5. The van der Waals surface area contributed by atoms with Crippen LogP contribution in [0.4, 0.5) is 0 Å². The minimum atomic E-state index is -0.692. The van der Waals surface area contributed by atoms with Gasteiger partial charge < -0.3 is 20.3 Å². The predicted octanol–water partition coefficient (Wildman–Crippen LogP) is 0.918. The van der Waals surface area contributed by atoms with Crippen LogP contribution >= 0.6 is 0 Å². The second-order valence-electron chi connectivity index (χ2n) is 3.96. The molecular weight excluding hydrogens is 218 g/mol. The molecule has 0 saturated carbocycles. The molecule has 0 heterocycles. The summed E-state index contributed by atoms with van der Waals surface area (Å²) in [5.74, 6) is 0.881. The highest BCUT2D eigenvalue weighted by atomic mass is 16.5. The molecule has 0 aromatic heterocycles. The Morgan fingerprint density at radius 1 is 1.29 bits per heavy atom. The molecule has 0 aliphatic rings. The fraction of sp³-hybridized carbons (Fsp3) is 0.538. The van der Waals surface area contributed by atoms with Gasteiger partial charge in [-0.2, -0.15) is 0 Å². The summed E-state index contributed by atoms with van der Waals surface area (Å²) in [5, 5.41) is 20.9. The highest BCUT2D eigenvalue weighted by Gasteiger charge is 2.00. The molecular formula is C13H21NO3. The van der Waals surface area contributed by atoms with E-state index in [1.54, 1.807) is 0 Å². The highest BCUT2D eigenvalue weighted by molar-refractivity contribution is 5.27. The van der Waals surface area contributed by atoms with Gasteiger partial charge >= 0.3 is 0 Å². The van der Waals surface area contributed by atoms with Gasteiger partial charge in [-0.1, -0.05) is 19.1 Å². The number of hydrogen-bond donors (Lipinski definition) is 3. The first-order chi connectivity index (χ1) is 8.26. The van der Waals surface area contributed by atoms with Gasteiger partial charge in [0.05, 0.1) is 19.3 Å². The van der Waals surface area contributed by atoms with Crippen molar-refractivity contribution < 1.29 is 14.9 Å². The fourth-order valence-electron chi connectivity index (χ4n) is 1.37. The van der Waals surface area contributed by atoms with E-state index in [1.807, 2.05) is 24.3 Å². The van der Waals surface area contributed by atoms with Gasteiger partial charge in [0.1, 0.15) is 5.75 Å². The van der Waals surface area contributed by atoms with E-state index < -0.39 is 6.10 Å². The van der Waals surface area contributed by atoms with E-state index in [0.29, 0.717) is 13.1 Å². The Hall–Kier alpha value is -1.10. The van der Waals surface area contributed by atoms with E-state index in [2.05, 4.69) is 12.2 Å². The van der Waals surface area contributed by atoms with E-state index in [-0.39, 0.29) is 6.61 Å². The molecule has 0 aliphatic carbocycles. The van der Waals surface area contributed by atoms with Crippen LogP contribution in [-0.4, -0.2) is 36.1 Å². The minimum Gasteiger partial charge on any atom is -0.494 e. The maximum atomic E-state index is 9.14. The van der Waals surface area contributed by atoms with Crippen LogP contribution < -0.4 is 10.1 Å². The van der Waals surface area contributed by atoms with Crippen molar-refractivity contribution in [3.05, 3.63) is 29.8 Å². The van der Waals surface area contributed by atoms with E-state index in [9.17, 15) is 0 Å². The molecule has 96 valence electrons. The molecule has 1 unspecified atom stereocenters. The number of aliphatic hydroxyl groups is 2. The van der Waals surface area contributed by atoms with Crippen LogP contribution in [0.25, 0.3) is 0 Å². The van der Waals surface area contributed by atoms with Crippen molar-refractivity contribution in [2.75, 3.05) is 19.8 Å². The van der Waals surface area contributed by atoms with Crippen LogP contribution in [0.1, 0.15) is 18.9 Å². The SMILES string of the molecule is CCCOc1ccc(CNCC(O)CO)cc1. The van der Waals surface area contributed by atoms with E-state index in [4.69, 9.17) is 14.9 Å². The summed E-state index contributed by atoms with van der Waals surface area (Å²) in [6, 6.07) is 7.86. The molecule has 0 spiro atoms. The summed E-state index contributed by atoms with van der Waals surface area (Å²) in [5.41, 5.74) is 1.12. The lowest BCUT2D eigenvalue weighted by molar-refractivity contribution is 0.0942. The number of hydrogen-bond acceptors (Lipinski definition) is 4. The lowest BCUT2D eigenvalue weighted by Gasteiger charge is -2.09. The first-order valence-corrected chi connectivity index (χ1v) is 5.97. The second kappa shape index (κ2) is 8.06. The van der Waals surface area contributed by atoms with Gasteiger partial charge in [0.25, 0.3) is 0 Å². The smallest absolute Gasteiger partial charge is 0.119 e. The molecule has 0 saturated heterocycles. The molecule has 0 radical (unpaired) electrons. The topological polar surface area (TPSA) is 61.7 Å². The zero-order valence-electron chi connectivity index (χ0n) is 10.2. The molecule has 1 atom stereocenters. The second-order valence-corrected chi connectivity index (χ2v) is 3.96. The van der Waals surface area contributed by atoms with Crippen molar-refractivity contribution in [3.8, 4) is 5.75 Å². The summed E-state index contributed by atoms with van der Waals surface area (Å²) in [4.78, 5) is 0. The molecule has 17 heavy (non-hydrogen) atoms. The van der Waals surface area contributed by atoms with E-state index in [0.717, 1.165) is 24.3 Å². The maximum Gasteiger partial charge on any atom is 0.119 e. The van der Waals surface area contributed by atoms with Gasteiger partial charge in [0.2, 0.25) is 0 Å². The number of ether oxygens (including phenoxy) is 1. The Bertz CT molecular complexity index is 300. The Kier molecular flexibility index (Phi) is 6.62. The molecule has 0 amide bonds. The first kappa shape index (κ1) is 14.0. The molecule has 1 rings (SSSR count). The normalized spacial score (nSPS) is 12.4. The van der Waals surface area contributed by atoms with Crippen molar-refractivity contribution in [1.82, 2.24) is 5.32 Å². The van der Waals surface area contributed by atoms with Gasteiger partial charge in [0.15, 0.2) is 0 Å². The van der Waals surface area contributed by atoms with Crippen LogP contribution in [0, 0.1) is 0 Å². The molecule has 0 bridgehead atoms. The predicted molar refractivity (Wildman–Crippen MR) is 67.0 cm³/mol. The van der Waals surface area contributed by atoms with Crippen LogP contribution in [0.5, 0.6) is 5.75 Å². The van der Waals surface area contributed by atoms with Crippen LogP contribution in [0.3, 0.4) is 0 Å². The van der Waals surface area contributed by atoms with Gasteiger partial charge in [-0.25, -0.2) is 0 Å². The summed E-state index contributed by atoms with van der Waals surface area (Å²) in [6.45, 7) is 3.66. The average molecular weight is 239 g/mol. The van der Waals surface area contributed by atoms with E-state index in [1.165, 1.54) is 0 Å². The molecule has 4 heteroatoms. The van der Waals surface area contributed by atoms with Crippen molar-refractivity contribution in [3.63, 3.8) is 0 Å². The largest absolute Gasteiger partial charge is 0.494 e. The highest BCUT2D eigenvalue weighted by Crippen LogP contribution is 2.12. The third kappa shape index (κ3) is 5.68. The Balaban J connectivity index is 2.30. The summed E-state index contributed by atoms with van der Waals surface area (Å²) in [6.07, 6.45) is 0.310. The average Bonchev–Trinajstić information content (AvgIpc) is 2.37. The van der Waals surface area contributed by atoms with Crippen LogP contribution in [0.2, 0.25) is 0 Å². The molecule has 0 fully saturated rings. The van der Waals surface area contributed by atoms with Crippen LogP contribution in [-0.2, 0) is 6.54 Å². The molecule has 4 nitrogen and oxygen atoms in total. The zero-order valence-corrected chi connectivity index (χ0v) is 10.2. The number of benzene rings is 1. The van der Waals surface area contributed by atoms with Gasteiger partial charge in [0, 0.05) is 13.1 Å². The maximum absolute atomic E-state index is 9.14. The number of aliphatic hydroxyl groups excluding tert-OH is 2. The molecule has 1 aromatic carbocycles. The van der Waals surface area contributed by atoms with Crippen LogP contribution in [0.15, 0.2) is 24.3 Å². The van der Waals surface area contributed by atoms with Gasteiger partial charge in [-0.15, -0.1) is 0 Å². The van der Waals surface area contributed by atoms with Gasteiger partial charge in [-0.05, 0) is 24.1 Å². The molecule has 0 aliphatic heterocycles. The first-order valence-electron chi connectivity index (χ1n) is 5.97. The monoisotopic (exact) mass is 239 g/mol. The third-order valence-electron chi connectivity index (χ3n) is 2.32. The van der Waals surface area contributed by atoms with Crippen molar-refractivity contribution in [1.29, 1.82) is 0 Å². The van der Waals surface area contributed by atoms with Gasteiger partial charge in [-0.3, -0.25) is 0 Å². The lowest BCUT2D eigenvalue weighted by Crippen LogP contribution is -2.28. The van der Waals surface area contributed by atoms with Crippen molar-refractivity contribution >= 4 is 0 Å². The third-order valence-corrected chi connectivity index (χ3v) is 2.32. The lowest BCUT2D eigenvalue weighted by atomic mass is 10.2. The molecule has 3 N–H and O–H groups in total. The van der Waals surface area contributed by atoms with E-state index >= 15 is 0 Å². The summed E-state index contributed by atoms with van der Waals surface area (Å²) < 4.78 is 5.48. The number of rotatable bonds is 8. The van der Waals surface area contributed by atoms with Crippen molar-refractivity contribution in [2.45, 2.75) is 26.0 Å². The minimum absolute atomic E-state index is 0.212. The summed E-state index contributed by atoms with van der Waals surface area (Å²) in [7, 11) is 0.